The van der Waals surface area contributed by atoms with Crippen LogP contribution in [0.5, 0.6) is 0 Å². The van der Waals surface area contributed by atoms with Crippen molar-refractivity contribution in [2.24, 2.45) is 0 Å². The Labute approximate surface area is 125 Å². The van der Waals surface area contributed by atoms with E-state index < -0.39 is 5.60 Å². The fourth-order valence-corrected chi connectivity index (χ4v) is 3.87. The maximum absolute atomic E-state index is 12.1. The standard InChI is InChI=1S/C14H16N2O2S2/c1-2-14(18)8-16(9-14)12(17)6-10-7-20-13(15-10)11-4-3-5-19-11/h3-5,7,18H,2,6,8-9H2,1H3. The number of β-amino-alcohol motifs (C(OH)–C–C–N with tert-alkyl or cyclic N) is 1. The molecule has 0 unspecified atom stereocenters. The molecule has 3 rings (SSSR count). The summed E-state index contributed by atoms with van der Waals surface area (Å²) in [6.07, 6.45) is 1.01. The highest BCUT2D eigenvalue weighted by Crippen LogP contribution is 2.29. The first-order valence-electron chi connectivity index (χ1n) is 6.58. The van der Waals surface area contributed by atoms with E-state index in [0.717, 1.165) is 15.6 Å². The first-order chi connectivity index (χ1) is 9.59. The average Bonchev–Trinajstić information content (AvgIpc) is 3.04. The molecule has 2 aromatic heterocycles. The summed E-state index contributed by atoms with van der Waals surface area (Å²) >= 11 is 3.22. The molecule has 20 heavy (non-hydrogen) atoms. The van der Waals surface area contributed by atoms with Gasteiger partial charge in [0.1, 0.15) is 5.01 Å². The first kappa shape index (κ1) is 13.7. The van der Waals surface area contributed by atoms with E-state index in [2.05, 4.69) is 4.98 Å². The van der Waals surface area contributed by atoms with Crippen molar-refractivity contribution >= 4 is 28.6 Å². The van der Waals surface area contributed by atoms with Crippen LogP contribution >= 0.6 is 22.7 Å². The van der Waals surface area contributed by atoms with Gasteiger partial charge in [-0.15, -0.1) is 22.7 Å². The summed E-state index contributed by atoms with van der Waals surface area (Å²) in [5.74, 6) is 0.0474. The Morgan fingerprint density at radius 1 is 1.50 bits per heavy atom. The van der Waals surface area contributed by atoms with Gasteiger partial charge in [-0.2, -0.15) is 0 Å². The van der Waals surface area contributed by atoms with Crippen LogP contribution in [0.1, 0.15) is 19.0 Å². The summed E-state index contributed by atoms with van der Waals surface area (Å²) in [6.45, 7) is 2.84. The molecule has 1 amide bonds. The number of nitrogens with zero attached hydrogens (tertiary/aromatic N) is 2. The molecule has 0 saturated carbocycles. The lowest BCUT2D eigenvalue weighted by Crippen LogP contribution is -2.63. The normalized spacial score (nSPS) is 17.0. The Balaban J connectivity index is 1.60. The Hall–Kier alpha value is -1.24. The molecule has 6 heteroatoms. The zero-order chi connectivity index (χ0) is 14.2. The van der Waals surface area contributed by atoms with E-state index in [1.807, 2.05) is 29.8 Å². The van der Waals surface area contributed by atoms with Crippen molar-refractivity contribution < 1.29 is 9.90 Å². The number of carbonyl (C=O) groups excluding carboxylic acids is 1. The van der Waals surface area contributed by atoms with Gasteiger partial charge in [0.2, 0.25) is 5.91 Å². The van der Waals surface area contributed by atoms with Gasteiger partial charge in [-0.3, -0.25) is 4.79 Å². The highest BCUT2D eigenvalue weighted by molar-refractivity contribution is 7.20. The Morgan fingerprint density at radius 3 is 2.95 bits per heavy atom. The number of thiazole rings is 1. The van der Waals surface area contributed by atoms with Crippen LogP contribution in [-0.4, -0.2) is 39.6 Å². The topological polar surface area (TPSA) is 53.4 Å². The molecule has 1 N–H and O–H groups in total. The number of carbonyl (C=O) groups is 1. The minimum atomic E-state index is -0.667. The Kier molecular flexibility index (Phi) is 3.62. The third-order valence-electron chi connectivity index (χ3n) is 3.60. The van der Waals surface area contributed by atoms with E-state index in [4.69, 9.17) is 0 Å². The molecule has 0 bridgehead atoms. The van der Waals surface area contributed by atoms with E-state index >= 15 is 0 Å². The van der Waals surface area contributed by atoms with E-state index in [9.17, 15) is 9.90 Å². The third kappa shape index (κ3) is 2.63. The summed E-state index contributed by atoms with van der Waals surface area (Å²) < 4.78 is 0. The zero-order valence-electron chi connectivity index (χ0n) is 11.2. The van der Waals surface area contributed by atoms with Crippen molar-refractivity contribution in [2.45, 2.75) is 25.4 Å². The van der Waals surface area contributed by atoms with Gasteiger partial charge in [0.15, 0.2) is 0 Å². The fourth-order valence-electron chi connectivity index (χ4n) is 2.23. The number of aromatic nitrogens is 1. The van der Waals surface area contributed by atoms with Crippen molar-refractivity contribution in [3.63, 3.8) is 0 Å². The van der Waals surface area contributed by atoms with Gasteiger partial charge in [-0.05, 0) is 17.9 Å². The molecule has 1 saturated heterocycles. The van der Waals surface area contributed by atoms with Gasteiger partial charge in [0.25, 0.3) is 0 Å². The van der Waals surface area contributed by atoms with Gasteiger partial charge in [-0.25, -0.2) is 4.98 Å². The van der Waals surface area contributed by atoms with Gasteiger partial charge in [0.05, 0.1) is 35.7 Å². The molecule has 3 heterocycles. The molecule has 1 aliphatic heterocycles. The number of likely N-dealkylation sites (tertiary alicyclic amines) is 1. The second kappa shape index (κ2) is 5.27. The van der Waals surface area contributed by atoms with Crippen LogP contribution in [0.15, 0.2) is 22.9 Å². The van der Waals surface area contributed by atoms with Crippen LogP contribution < -0.4 is 0 Å². The van der Waals surface area contributed by atoms with E-state index in [-0.39, 0.29) is 5.91 Å². The SMILES string of the molecule is CCC1(O)CN(C(=O)Cc2csc(-c3cccs3)n2)C1. The molecular formula is C14H16N2O2S2. The summed E-state index contributed by atoms with van der Waals surface area (Å²) in [7, 11) is 0. The molecule has 106 valence electrons. The number of aliphatic hydroxyl groups is 1. The third-order valence-corrected chi connectivity index (χ3v) is 5.53. The molecule has 0 spiro atoms. The van der Waals surface area contributed by atoms with Crippen LogP contribution in [0, 0.1) is 0 Å². The van der Waals surface area contributed by atoms with Gasteiger partial charge >= 0.3 is 0 Å². The summed E-state index contributed by atoms with van der Waals surface area (Å²) in [5.41, 5.74) is 0.148. The second-order valence-electron chi connectivity index (χ2n) is 5.13. The summed E-state index contributed by atoms with van der Waals surface area (Å²) in [4.78, 5) is 19.4. The van der Waals surface area contributed by atoms with Crippen molar-refractivity contribution in [1.29, 1.82) is 0 Å². The van der Waals surface area contributed by atoms with Crippen LogP contribution in [0.25, 0.3) is 9.88 Å². The van der Waals surface area contributed by atoms with Gasteiger partial charge < -0.3 is 10.0 Å². The molecule has 1 fully saturated rings. The van der Waals surface area contributed by atoms with Crippen LogP contribution in [-0.2, 0) is 11.2 Å². The number of hydrogen-bond donors (Lipinski definition) is 1. The Morgan fingerprint density at radius 2 is 2.30 bits per heavy atom. The molecular weight excluding hydrogens is 292 g/mol. The smallest absolute Gasteiger partial charge is 0.228 e. The van der Waals surface area contributed by atoms with Gasteiger partial charge in [-0.1, -0.05) is 13.0 Å². The van der Waals surface area contributed by atoms with Crippen LogP contribution in [0.2, 0.25) is 0 Å². The van der Waals surface area contributed by atoms with Gasteiger partial charge in [0, 0.05) is 5.38 Å². The molecule has 0 aromatic carbocycles. The molecule has 0 atom stereocenters. The first-order valence-corrected chi connectivity index (χ1v) is 8.34. The number of hydrogen-bond acceptors (Lipinski definition) is 5. The minimum Gasteiger partial charge on any atom is -0.386 e. The minimum absolute atomic E-state index is 0.0474. The zero-order valence-corrected chi connectivity index (χ0v) is 12.8. The van der Waals surface area contributed by atoms with E-state index in [1.165, 1.54) is 0 Å². The molecule has 0 aliphatic carbocycles. The number of amides is 1. The monoisotopic (exact) mass is 308 g/mol. The van der Waals surface area contributed by atoms with Crippen molar-refractivity contribution in [2.75, 3.05) is 13.1 Å². The predicted octanol–water partition coefficient (Wildman–Crippen LogP) is 2.40. The van der Waals surface area contributed by atoms with E-state index in [1.54, 1.807) is 27.6 Å². The molecule has 2 aromatic rings. The highest BCUT2D eigenvalue weighted by atomic mass is 32.1. The maximum atomic E-state index is 12.1. The molecule has 4 nitrogen and oxygen atoms in total. The number of thiophene rings is 1. The fraction of sp³-hybridized carbons (Fsp3) is 0.429. The largest absolute Gasteiger partial charge is 0.386 e. The number of rotatable bonds is 4. The predicted molar refractivity (Wildman–Crippen MR) is 81.0 cm³/mol. The molecule has 0 radical (unpaired) electrons. The lowest BCUT2D eigenvalue weighted by Gasteiger charge is -2.46. The Bertz CT molecular complexity index is 600. The summed E-state index contributed by atoms with van der Waals surface area (Å²) in [5, 5.41) is 14.9. The highest BCUT2D eigenvalue weighted by Gasteiger charge is 2.41. The maximum Gasteiger partial charge on any atom is 0.228 e. The summed E-state index contributed by atoms with van der Waals surface area (Å²) in [6, 6.07) is 4.03. The van der Waals surface area contributed by atoms with Crippen molar-refractivity contribution in [3.8, 4) is 9.88 Å². The van der Waals surface area contributed by atoms with Crippen LogP contribution in [0.4, 0.5) is 0 Å². The van der Waals surface area contributed by atoms with Crippen molar-refractivity contribution in [1.82, 2.24) is 9.88 Å². The molecule has 1 aliphatic rings. The second-order valence-corrected chi connectivity index (χ2v) is 6.93. The van der Waals surface area contributed by atoms with Crippen molar-refractivity contribution in [3.05, 3.63) is 28.6 Å². The lowest BCUT2D eigenvalue weighted by atomic mass is 9.91. The van der Waals surface area contributed by atoms with E-state index in [0.29, 0.717) is 25.9 Å². The van der Waals surface area contributed by atoms with Crippen LogP contribution in [0.3, 0.4) is 0 Å². The quantitative estimate of drug-likeness (QED) is 0.943. The lowest BCUT2D eigenvalue weighted by molar-refractivity contribution is -0.155. The average molecular weight is 308 g/mol.